The number of sulfonamides is 1. The molecule has 1 aliphatic heterocycles. The van der Waals surface area contributed by atoms with Crippen molar-refractivity contribution in [1.29, 1.82) is 5.26 Å². The highest BCUT2D eigenvalue weighted by atomic mass is 32.2. The van der Waals surface area contributed by atoms with Crippen LogP contribution in [0.3, 0.4) is 0 Å². The van der Waals surface area contributed by atoms with Crippen molar-refractivity contribution >= 4 is 21.6 Å². The molecule has 2 aromatic rings. The Bertz CT molecular complexity index is 1110. The summed E-state index contributed by atoms with van der Waals surface area (Å²) >= 11 is 0. The van der Waals surface area contributed by atoms with Crippen molar-refractivity contribution in [2.45, 2.75) is 11.1 Å². The molecule has 3 rings (SSSR count). The van der Waals surface area contributed by atoms with Crippen molar-refractivity contribution in [3.05, 3.63) is 59.7 Å². The summed E-state index contributed by atoms with van der Waals surface area (Å²) < 4.78 is 65.2. The summed E-state index contributed by atoms with van der Waals surface area (Å²) in [4.78, 5) is 13.8. The van der Waals surface area contributed by atoms with Gasteiger partial charge in [0.1, 0.15) is 6.07 Å². The van der Waals surface area contributed by atoms with Gasteiger partial charge in [0, 0.05) is 31.9 Å². The molecular weight excluding hydrogens is 433 g/mol. The Morgan fingerprint density at radius 3 is 2.39 bits per heavy atom. The maximum absolute atomic E-state index is 12.8. The Labute approximate surface area is 177 Å². The van der Waals surface area contributed by atoms with E-state index in [1.807, 2.05) is 6.07 Å². The minimum atomic E-state index is -4.48. The number of alkyl halides is 3. The fourth-order valence-electron chi connectivity index (χ4n) is 3.20. The standard InChI is InChI=1S/C20H19F3N4O3S/c21-20(22,23)16-5-3-6-17(12-16)25-14-19(28)26-8-10-27(11-9-26)31(29,30)18-7-2-1-4-15(18)13-24/h1-7,12,25H,8-11,14H2. The molecule has 0 atom stereocenters. The third kappa shape index (κ3) is 5.15. The molecule has 1 fully saturated rings. The van der Waals surface area contributed by atoms with E-state index in [4.69, 9.17) is 5.26 Å². The molecule has 11 heteroatoms. The molecule has 164 valence electrons. The molecular formula is C20H19F3N4O3S. The van der Waals surface area contributed by atoms with Crippen LogP contribution < -0.4 is 5.32 Å². The number of carbonyl (C=O) groups is 1. The molecule has 1 heterocycles. The van der Waals surface area contributed by atoms with E-state index < -0.39 is 21.8 Å². The lowest BCUT2D eigenvalue weighted by Gasteiger charge is -2.34. The van der Waals surface area contributed by atoms with Crippen LogP contribution in [-0.2, 0) is 21.0 Å². The van der Waals surface area contributed by atoms with Crippen LogP contribution in [0, 0.1) is 11.3 Å². The van der Waals surface area contributed by atoms with E-state index in [-0.39, 0.29) is 54.8 Å². The summed E-state index contributed by atoms with van der Waals surface area (Å²) in [5.74, 6) is -0.355. The predicted molar refractivity (Wildman–Crippen MR) is 106 cm³/mol. The fourth-order valence-corrected chi connectivity index (χ4v) is 4.76. The van der Waals surface area contributed by atoms with Gasteiger partial charge in [-0.2, -0.15) is 22.7 Å². The van der Waals surface area contributed by atoms with E-state index in [2.05, 4.69) is 5.32 Å². The Kier molecular flexibility index (Phi) is 6.52. The maximum Gasteiger partial charge on any atom is 0.416 e. The monoisotopic (exact) mass is 452 g/mol. The number of hydrogen-bond acceptors (Lipinski definition) is 5. The topological polar surface area (TPSA) is 93.5 Å². The average molecular weight is 452 g/mol. The number of nitriles is 1. The van der Waals surface area contributed by atoms with Crippen LogP contribution in [0.4, 0.5) is 18.9 Å². The quantitative estimate of drug-likeness (QED) is 0.753. The summed E-state index contributed by atoms with van der Waals surface area (Å²) in [5, 5.41) is 11.8. The first-order valence-electron chi connectivity index (χ1n) is 9.31. The van der Waals surface area contributed by atoms with Gasteiger partial charge in [0.25, 0.3) is 0 Å². The van der Waals surface area contributed by atoms with Gasteiger partial charge < -0.3 is 10.2 Å². The maximum atomic E-state index is 12.8. The molecule has 1 amide bonds. The SMILES string of the molecule is N#Cc1ccccc1S(=O)(=O)N1CCN(C(=O)CNc2cccc(C(F)(F)F)c2)CC1. The van der Waals surface area contributed by atoms with Crippen molar-refractivity contribution in [3.8, 4) is 6.07 Å². The van der Waals surface area contributed by atoms with Crippen LogP contribution in [-0.4, -0.2) is 56.3 Å². The number of hydrogen-bond donors (Lipinski definition) is 1. The van der Waals surface area contributed by atoms with Gasteiger partial charge in [-0.1, -0.05) is 18.2 Å². The van der Waals surface area contributed by atoms with E-state index in [9.17, 15) is 26.4 Å². The number of carbonyl (C=O) groups excluding carboxylic acids is 1. The van der Waals surface area contributed by atoms with E-state index >= 15 is 0 Å². The third-order valence-corrected chi connectivity index (χ3v) is 6.81. The van der Waals surface area contributed by atoms with Gasteiger partial charge >= 0.3 is 6.18 Å². The second-order valence-electron chi connectivity index (χ2n) is 6.82. The minimum absolute atomic E-state index is 0.0475. The minimum Gasteiger partial charge on any atom is -0.376 e. The molecule has 2 aromatic carbocycles. The summed E-state index contributed by atoms with van der Waals surface area (Å²) in [6, 6.07) is 12.3. The van der Waals surface area contributed by atoms with Gasteiger partial charge in [-0.05, 0) is 30.3 Å². The van der Waals surface area contributed by atoms with Crippen LogP contribution in [0.2, 0.25) is 0 Å². The molecule has 0 aromatic heterocycles. The Morgan fingerprint density at radius 2 is 1.74 bits per heavy atom. The zero-order valence-corrected chi connectivity index (χ0v) is 17.1. The number of piperazine rings is 1. The van der Waals surface area contributed by atoms with Crippen LogP contribution in [0.15, 0.2) is 53.4 Å². The number of nitrogens with zero attached hydrogens (tertiary/aromatic N) is 3. The van der Waals surface area contributed by atoms with Gasteiger partial charge in [0.05, 0.1) is 22.6 Å². The molecule has 1 saturated heterocycles. The third-order valence-electron chi connectivity index (χ3n) is 4.85. The van der Waals surface area contributed by atoms with Crippen LogP contribution in [0.25, 0.3) is 0 Å². The number of rotatable bonds is 5. The largest absolute Gasteiger partial charge is 0.416 e. The second kappa shape index (κ2) is 8.95. The van der Waals surface area contributed by atoms with E-state index in [1.165, 1.54) is 39.5 Å². The molecule has 1 aliphatic rings. The summed E-state index contributed by atoms with van der Waals surface area (Å²) in [6.07, 6.45) is -4.48. The van der Waals surface area contributed by atoms with Crippen molar-refractivity contribution in [1.82, 2.24) is 9.21 Å². The average Bonchev–Trinajstić information content (AvgIpc) is 2.77. The first kappa shape index (κ1) is 22.6. The lowest BCUT2D eigenvalue weighted by atomic mass is 10.2. The molecule has 0 saturated carbocycles. The smallest absolute Gasteiger partial charge is 0.376 e. The van der Waals surface area contributed by atoms with E-state index in [0.29, 0.717) is 0 Å². The number of nitrogens with one attached hydrogen (secondary N) is 1. The number of benzene rings is 2. The highest BCUT2D eigenvalue weighted by Gasteiger charge is 2.32. The summed E-state index contributed by atoms with van der Waals surface area (Å²) in [5.41, 5.74) is -0.606. The molecule has 31 heavy (non-hydrogen) atoms. The van der Waals surface area contributed by atoms with E-state index in [0.717, 1.165) is 12.1 Å². The van der Waals surface area contributed by atoms with Crippen molar-refractivity contribution in [3.63, 3.8) is 0 Å². The first-order chi connectivity index (χ1) is 14.6. The predicted octanol–water partition coefficient (Wildman–Crippen LogP) is 2.52. The number of amides is 1. The Balaban J connectivity index is 1.58. The van der Waals surface area contributed by atoms with Gasteiger partial charge in [0.15, 0.2) is 0 Å². The van der Waals surface area contributed by atoms with Crippen LogP contribution >= 0.6 is 0 Å². The number of anilines is 1. The summed E-state index contributed by atoms with van der Waals surface area (Å²) in [6.45, 7) is 0.161. The molecule has 0 aliphatic carbocycles. The van der Waals surface area contributed by atoms with Crippen molar-refractivity contribution in [2.24, 2.45) is 0 Å². The van der Waals surface area contributed by atoms with Gasteiger partial charge in [0.2, 0.25) is 15.9 Å². The highest BCUT2D eigenvalue weighted by molar-refractivity contribution is 7.89. The first-order valence-corrected chi connectivity index (χ1v) is 10.7. The lowest BCUT2D eigenvalue weighted by Crippen LogP contribution is -2.51. The van der Waals surface area contributed by atoms with Crippen LogP contribution in [0.1, 0.15) is 11.1 Å². The Hall–Kier alpha value is -3.10. The van der Waals surface area contributed by atoms with Gasteiger partial charge in [-0.25, -0.2) is 8.42 Å². The lowest BCUT2D eigenvalue weighted by molar-refractivity contribution is -0.137. The van der Waals surface area contributed by atoms with Crippen molar-refractivity contribution in [2.75, 3.05) is 38.0 Å². The van der Waals surface area contributed by atoms with Gasteiger partial charge in [-0.15, -0.1) is 0 Å². The highest BCUT2D eigenvalue weighted by Crippen LogP contribution is 2.30. The second-order valence-corrected chi connectivity index (χ2v) is 8.73. The van der Waals surface area contributed by atoms with Crippen molar-refractivity contribution < 1.29 is 26.4 Å². The molecule has 1 N–H and O–H groups in total. The molecule has 0 unspecified atom stereocenters. The fraction of sp³-hybridized carbons (Fsp3) is 0.300. The normalized spacial score (nSPS) is 15.4. The zero-order valence-electron chi connectivity index (χ0n) is 16.3. The zero-order chi connectivity index (χ0) is 22.6. The Morgan fingerprint density at radius 1 is 1.06 bits per heavy atom. The molecule has 0 bridgehead atoms. The number of halogens is 3. The van der Waals surface area contributed by atoms with Gasteiger partial charge in [-0.3, -0.25) is 4.79 Å². The van der Waals surface area contributed by atoms with E-state index in [1.54, 1.807) is 6.07 Å². The summed E-state index contributed by atoms with van der Waals surface area (Å²) in [7, 11) is -3.88. The molecule has 0 radical (unpaired) electrons. The molecule has 0 spiro atoms. The van der Waals surface area contributed by atoms with Crippen LogP contribution in [0.5, 0.6) is 0 Å². The molecule has 7 nitrogen and oxygen atoms in total.